The number of amides is 1. The lowest BCUT2D eigenvalue weighted by Gasteiger charge is -2.05. The van der Waals surface area contributed by atoms with Gasteiger partial charge in [-0.2, -0.15) is 0 Å². The predicted molar refractivity (Wildman–Crippen MR) is 74.2 cm³/mol. The van der Waals surface area contributed by atoms with Crippen molar-refractivity contribution in [3.8, 4) is 5.75 Å². The van der Waals surface area contributed by atoms with Crippen LogP contribution in [-0.2, 0) is 0 Å². The summed E-state index contributed by atoms with van der Waals surface area (Å²) in [6.07, 6.45) is 1.52. The molecule has 0 saturated heterocycles. The topological polar surface area (TPSA) is 92.4 Å². The second-order valence-corrected chi connectivity index (χ2v) is 4.80. The number of anilines is 1. The minimum Gasteiger partial charge on any atom is -0.506 e. The molecular weight excluding hydrogens is 280 g/mol. The van der Waals surface area contributed by atoms with Crippen molar-refractivity contribution in [2.24, 2.45) is 0 Å². The SMILES string of the molecule is O=C(Nc1nccs1)c1c(O)c2ccccc2oc1=O. The molecule has 1 amide bonds. The molecule has 0 spiro atoms. The van der Waals surface area contributed by atoms with E-state index in [1.807, 2.05) is 0 Å². The largest absolute Gasteiger partial charge is 0.506 e. The number of hydrogen-bond acceptors (Lipinski definition) is 6. The van der Waals surface area contributed by atoms with Gasteiger partial charge >= 0.3 is 5.63 Å². The van der Waals surface area contributed by atoms with Gasteiger partial charge in [0.25, 0.3) is 5.91 Å². The van der Waals surface area contributed by atoms with Gasteiger partial charge in [0.2, 0.25) is 0 Å². The van der Waals surface area contributed by atoms with Crippen molar-refractivity contribution >= 4 is 33.3 Å². The number of nitrogens with zero attached hydrogens (tertiary/aromatic N) is 1. The van der Waals surface area contributed by atoms with Crippen molar-refractivity contribution < 1.29 is 14.3 Å². The molecule has 0 saturated carbocycles. The smallest absolute Gasteiger partial charge is 0.353 e. The van der Waals surface area contributed by atoms with Gasteiger partial charge in [-0.05, 0) is 12.1 Å². The molecule has 6 nitrogen and oxygen atoms in total. The first-order valence-corrected chi connectivity index (χ1v) is 6.50. The standard InChI is InChI=1S/C13H8N2O4S/c16-10-7-3-1-2-4-8(7)19-12(18)9(10)11(17)15-13-14-5-6-20-13/h1-6,16H,(H,14,15,17). The van der Waals surface area contributed by atoms with Crippen molar-refractivity contribution in [2.45, 2.75) is 0 Å². The highest BCUT2D eigenvalue weighted by molar-refractivity contribution is 7.13. The van der Waals surface area contributed by atoms with Gasteiger partial charge in [-0.25, -0.2) is 9.78 Å². The molecule has 20 heavy (non-hydrogen) atoms. The van der Waals surface area contributed by atoms with Gasteiger partial charge in [0.1, 0.15) is 11.3 Å². The van der Waals surface area contributed by atoms with Gasteiger partial charge < -0.3 is 9.52 Å². The van der Waals surface area contributed by atoms with E-state index in [2.05, 4.69) is 10.3 Å². The molecule has 7 heteroatoms. The predicted octanol–water partition coefficient (Wildman–Crippen LogP) is 2.21. The van der Waals surface area contributed by atoms with Gasteiger partial charge in [-0.15, -0.1) is 11.3 Å². The zero-order chi connectivity index (χ0) is 14.1. The van der Waals surface area contributed by atoms with E-state index in [1.165, 1.54) is 17.5 Å². The quantitative estimate of drug-likeness (QED) is 0.705. The monoisotopic (exact) mass is 288 g/mol. The molecule has 0 atom stereocenters. The van der Waals surface area contributed by atoms with Crippen molar-refractivity contribution in [1.29, 1.82) is 0 Å². The van der Waals surface area contributed by atoms with Crippen LogP contribution in [0.4, 0.5) is 5.13 Å². The molecule has 0 aliphatic heterocycles. The number of para-hydroxylation sites is 1. The van der Waals surface area contributed by atoms with Crippen LogP contribution in [0.5, 0.6) is 5.75 Å². The van der Waals surface area contributed by atoms with Gasteiger partial charge in [-0.1, -0.05) is 12.1 Å². The van der Waals surface area contributed by atoms with Crippen LogP contribution in [0.3, 0.4) is 0 Å². The van der Waals surface area contributed by atoms with Crippen molar-refractivity contribution in [2.75, 3.05) is 5.32 Å². The molecular formula is C13H8N2O4S. The van der Waals surface area contributed by atoms with Gasteiger partial charge in [0, 0.05) is 11.6 Å². The summed E-state index contributed by atoms with van der Waals surface area (Å²) < 4.78 is 5.02. The Labute approximate surface area is 116 Å². The van der Waals surface area contributed by atoms with E-state index in [0.29, 0.717) is 10.5 Å². The molecule has 0 aliphatic rings. The number of nitrogens with one attached hydrogen (secondary N) is 1. The maximum Gasteiger partial charge on any atom is 0.353 e. The van der Waals surface area contributed by atoms with Crippen LogP contribution in [0.25, 0.3) is 11.0 Å². The lowest BCUT2D eigenvalue weighted by atomic mass is 10.1. The first-order valence-electron chi connectivity index (χ1n) is 5.62. The Morgan fingerprint density at radius 3 is 2.90 bits per heavy atom. The molecule has 0 radical (unpaired) electrons. The number of aromatic nitrogens is 1. The Hall–Kier alpha value is -2.67. The normalized spacial score (nSPS) is 10.6. The average Bonchev–Trinajstić information content (AvgIpc) is 2.91. The Morgan fingerprint density at radius 2 is 2.15 bits per heavy atom. The summed E-state index contributed by atoms with van der Waals surface area (Å²) in [6.45, 7) is 0. The fraction of sp³-hybridized carbons (Fsp3) is 0. The summed E-state index contributed by atoms with van der Waals surface area (Å²) in [5, 5.41) is 14.8. The van der Waals surface area contributed by atoms with Crippen molar-refractivity contribution in [3.63, 3.8) is 0 Å². The fourth-order valence-corrected chi connectivity index (χ4v) is 2.30. The molecule has 0 aliphatic carbocycles. The first kappa shape index (κ1) is 12.4. The zero-order valence-corrected chi connectivity index (χ0v) is 10.8. The number of fused-ring (bicyclic) bond motifs is 1. The lowest BCUT2D eigenvalue weighted by molar-refractivity contribution is 0.102. The van der Waals surface area contributed by atoms with E-state index < -0.39 is 22.8 Å². The number of carbonyl (C=O) groups excluding carboxylic acids is 1. The van der Waals surface area contributed by atoms with Gasteiger partial charge in [-0.3, -0.25) is 10.1 Å². The first-order chi connectivity index (χ1) is 9.66. The Kier molecular flexibility index (Phi) is 2.96. The summed E-state index contributed by atoms with van der Waals surface area (Å²) in [5.41, 5.74) is -1.10. The average molecular weight is 288 g/mol. The molecule has 2 aromatic heterocycles. The number of benzene rings is 1. The Morgan fingerprint density at radius 1 is 1.35 bits per heavy atom. The highest BCUT2D eigenvalue weighted by Gasteiger charge is 2.21. The van der Waals surface area contributed by atoms with Gasteiger partial charge in [0.05, 0.1) is 5.39 Å². The third-order valence-corrected chi connectivity index (χ3v) is 3.35. The summed E-state index contributed by atoms with van der Waals surface area (Å²) in [6, 6.07) is 6.44. The third kappa shape index (κ3) is 2.04. The van der Waals surface area contributed by atoms with Gasteiger partial charge in [0.15, 0.2) is 10.7 Å². The molecule has 2 N–H and O–H groups in total. The molecule has 100 valence electrons. The van der Waals surface area contributed by atoms with E-state index in [1.54, 1.807) is 29.6 Å². The van der Waals surface area contributed by atoms with Crippen LogP contribution in [0.15, 0.2) is 45.1 Å². The number of hydrogen-bond donors (Lipinski definition) is 2. The van der Waals surface area contributed by atoms with Crippen LogP contribution in [0, 0.1) is 0 Å². The van der Waals surface area contributed by atoms with Crippen LogP contribution in [-0.4, -0.2) is 16.0 Å². The van der Waals surface area contributed by atoms with E-state index in [9.17, 15) is 14.7 Å². The third-order valence-electron chi connectivity index (χ3n) is 2.67. The minimum absolute atomic E-state index is 0.223. The lowest BCUT2D eigenvalue weighted by Crippen LogP contribution is -2.21. The van der Waals surface area contributed by atoms with Crippen LogP contribution >= 0.6 is 11.3 Å². The summed E-state index contributed by atoms with van der Waals surface area (Å²) in [4.78, 5) is 27.7. The zero-order valence-electron chi connectivity index (χ0n) is 9.99. The highest BCUT2D eigenvalue weighted by Crippen LogP contribution is 2.26. The molecule has 0 fully saturated rings. The van der Waals surface area contributed by atoms with Crippen molar-refractivity contribution in [1.82, 2.24) is 4.98 Å². The van der Waals surface area contributed by atoms with Crippen LogP contribution in [0.2, 0.25) is 0 Å². The maximum absolute atomic E-state index is 12.0. The van der Waals surface area contributed by atoms with Crippen LogP contribution < -0.4 is 10.9 Å². The summed E-state index contributed by atoms with van der Waals surface area (Å²) in [5.74, 6) is -1.15. The summed E-state index contributed by atoms with van der Waals surface area (Å²) >= 11 is 1.20. The van der Waals surface area contributed by atoms with Crippen LogP contribution in [0.1, 0.15) is 10.4 Å². The number of thiazole rings is 1. The number of carbonyl (C=O) groups is 1. The Bertz CT molecular complexity index is 839. The maximum atomic E-state index is 12.0. The van der Waals surface area contributed by atoms with E-state index in [4.69, 9.17) is 4.42 Å². The molecule has 0 unspecified atom stereocenters. The van der Waals surface area contributed by atoms with E-state index in [0.717, 1.165) is 0 Å². The highest BCUT2D eigenvalue weighted by atomic mass is 32.1. The number of rotatable bonds is 2. The molecule has 0 bridgehead atoms. The summed E-state index contributed by atoms with van der Waals surface area (Å²) in [7, 11) is 0. The molecule has 2 heterocycles. The second-order valence-electron chi connectivity index (χ2n) is 3.90. The Balaban J connectivity index is 2.11. The molecule has 3 rings (SSSR count). The molecule has 3 aromatic rings. The second kappa shape index (κ2) is 4.78. The van der Waals surface area contributed by atoms with E-state index in [-0.39, 0.29) is 5.58 Å². The fourth-order valence-electron chi connectivity index (χ4n) is 1.78. The minimum atomic E-state index is -0.893. The molecule has 1 aromatic carbocycles. The van der Waals surface area contributed by atoms with Crippen molar-refractivity contribution in [3.05, 3.63) is 51.8 Å². The van der Waals surface area contributed by atoms with E-state index >= 15 is 0 Å². The number of aromatic hydroxyl groups is 1.